The molecule has 142 valence electrons. The number of hydrogen-bond acceptors (Lipinski definition) is 3. The molecule has 0 saturated carbocycles. The molecule has 0 atom stereocenters. The van der Waals surface area contributed by atoms with Gasteiger partial charge in [-0.2, -0.15) is 0 Å². The van der Waals surface area contributed by atoms with Crippen molar-refractivity contribution in [1.82, 2.24) is 4.90 Å². The van der Waals surface area contributed by atoms with Gasteiger partial charge in [0.25, 0.3) is 0 Å². The number of ether oxygens (including phenoxy) is 1. The SMILES string of the molecule is CN(CCC=C1c2ccccc2Oc2ccccc21)CCCCCC(=O)O. The predicted octanol–water partition coefficient (Wildman–Crippen LogP) is 5.19. The van der Waals surface area contributed by atoms with Gasteiger partial charge in [-0.25, -0.2) is 0 Å². The van der Waals surface area contributed by atoms with E-state index in [2.05, 4.69) is 30.2 Å². The molecular weight excluding hydrogens is 338 g/mol. The molecule has 2 aromatic carbocycles. The summed E-state index contributed by atoms with van der Waals surface area (Å²) in [5.41, 5.74) is 3.53. The van der Waals surface area contributed by atoms with E-state index in [1.54, 1.807) is 0 Å². The average molecular weight is 365 g/mol. The summed E-state index contributed by atoms with van der Waals surface area (Å²) in [4.78, 5) is 12.9. The monoisotopic (exact) mass is 365 g/mol. The summed E-state index contributed by atoms with van der Waals surface area (Å²) in [6, 6.07) is 16.4. The number of unbranched alkanes of at least 4 members (excludes halogenated alkanes) is 2. The van der Waals surface area contributed by atoms with Gasteiger partial charge in [0, 0.05) is 24.1 Å². The molecule has 3 rings (SSSR count). The number of carboxylic acids is 1. The van der Waals surface area contributed by atoms with Crippen LogP contribution in [-0.4, -0.2) is 36.1 Å². The molecule has 2 aromatic rings. The molecule has 0 saturated heterocycles. The fourth-order valence-electron chi connectivity index (χ4n) is 3.42. The summed E-state index contributed by atoms with van der Waals surface area (Å²) >= 11 is 0. The van der Waals surface area contributed by atoms with Gasteiger partial charge in [0.1, 0.15) is 11.5 Å². The van der Waals surface area contributed by atoms with E-state index in [1.165, 1.54) is 5.57 Å². The molecule has 0 unspecified atom stereocenters. The van der Waals surface area contributed by atoms with Crippen molar-refractivity contribution in [3.63, 3.8) is 0 Å². The average Bonchev–Trinajstić information content (AvgIpc) is 2.67. The van der Waals surface area contributed by atoms with Crippen LogP contribution in [0, 0.1) is 0 Å². The zero-order valence-electron chi connectivity index (χ0n) is 15.9. The van der Waals surface area contributed by atoms with Crippen LogP contribution >= 0.6 is 0 Å². The topological polar surface area (TPSA) is 49.8 Å². The highest BCUT2D eigenvalue weighted by Crippen LogP contribution is 2.43. The molecule has 0 aromatic heterocycles. The number of carboxylic acid groups (broad SMARTS) is 1. The summed E-state index contributed by atoms with van der Waals surface area (Å²) in [5, 5.41) is 8.68. The number of para-hydroxylation sites is 2. The quantitative estimate of drug-likeness (QED) is 0.530. The highest BCUT2D eigenvalue weighted by molar-refractivity contribution is 5.87. The smallest absolute Gasteiger partial charge is 0.303 e. The summed E-state index contributed by atoms with van der Waals surface area (Å²) < 4.78 is 6.03. The first-order valence-electron chi connectivity index (χ1n) is 9.62. The van der Waals surface area contributed by atoms with Gasteiger partial charge >= 0.3 is 5.97 Å². The molecule has 0 spiro atoms. The third-order valence-electron chi connectivity index (χ3n) is 4.86. The van der Waals surface area contributed by atoms with Crippen molar-refractivity contribution in [1.29, 1.82) is 0 Å². The number of fused-ring (bicyclic) bond motifs is 2. The highest BCUT2D eigenvalue weighted by atomic mass is 16.5. The standard InChI is InChI=1S/C23H27NO3/c1-24(16-8-2-3-15-23(25)26)17-9-12-18-19-10-4-6-13-21(19)27-22-14-7-5-11-20(18)22/h4-7,10-14H,2-3,8-9,15-17H2,1H3,(H,25,26). The molecule has 0 fully saturated rings. The van der Waals surface area contributed by atoms with Gasteiger partial charge in [0.05, 0.1) is 0 Å². The maximum atomic E-state index is 10.5. The summed E-state index contributed by atoms with van der Waals surface area (Å²) in [6.07, 6.45) is 6.32. The van der Waals surface area contributed by atoms with Crippen LogP contribution in [0.3, 0.4) is 0 Å². The van der Waals surface area contributed by atoms with Gasteiger partial charge < -0.3 is 14.7 Å². The Morgan fingerprint density at radius 3 is 2.22 bits per heavy atom. The molecule has 1 aliphatic rings. The number of carbonyl (C=O) groups is 1. The van der Waals surface area contributed by atoms with E-state index in [4.69, 9.17) is 9.84 Å². The zero-order chi connectivity index (χ0) is 19.1. The molecule has 1 N–H and O–H groups in total. The zero-order valence-corrected chi connectivity index (χ0v) is 15.9. The fourth-order valence-corrected chi connectivity index (χ4v) is 3.42. The lowest BCUT2D eigenvalue weighted by Gasteiger charge is -2.23. The summed E-state index contributed by atoms with van der Waals surface area (Å²) in [5.74, 6) is 1.12. The Bertz CT molecular complexity index is 765. The first-order valence-corrected chi connectivity index (χ1v) is 9.62. The maximum absolute atomic E-state index is 10.5. The maximum Gasteiger partial charge on any atom is 0.303 e. The van der Waals surface area contributed by atoms with Crippen molar-refractivity contribution in [2.24, 2.45) is 0 Å². The minimum absolute atomic E-state index is 0.275. The summed E-state index contributed by atoms with van der Waals surface area (Å²) in [6.45, 7) is 1.98. The van der Waals surface area contributed by atoms with Gasteiger partial charge in [-0.3, -0.25) is 4.79 Å². The normalized spacial score (nSPS) is 12.3. The lowest BCUT2D eigenvalue weighted by atomic mass is 9.93. The van der Waals surface area contributed by atoms with Gasteiger partial charge in [-0.05, 0) is 50.6 Å². The molecule has 0 radical (unpaired) electrons. The molecule has 1 heterocycles. The van der Waals surface area contributed by atoms with Crippen LogP contribution in [0.1, 0.15) is 43.2 Å². The molecule has 1 aliphatic heterocycles. The van der Waals surface area contributed by atoms with Gasteiger partial charge in [0.15, 0.2) is 0 Å². The number of hydrogen-bond donors (Lipinski definition) is 1. The molecule has 4 heteroatoms. The van der Waals surface area contributed by atoms with Crippen LogP contribution in [0.5, 0.6) is 11.5 Å². The second-order valence-electron chi connectivity index (χ2n) is 7.01. The Hall–Kier alpha value is -2.59. The third kappa shape index (κ3) is 5.20. The van der Waals surface area contributed by atoms with Gasteiger partial charge in [0.2, 0.25) is 0 Å². The van der Waals surface area contributed by atoms with E-state index in [1.807, 2.05) is 36.4 Å². The number of benzene rings is 2. The van der Waals surface area contributed by atoms with Crippen molar-refractivity contribution in [2.45, 2.75) is 32.1 Å². The van der Waals surface area contributed by atoms with E-state index >= 15 is 0 Å². The Labute approximate surface area is 161 Å². The number of nitrogens with zero attached hydrogens (tertiary/aromatic N) is 1. The minimum Gasteiger partial charge on any atom is -0.481 e. The Kier molecular flexibility index (Phi) is 6.66. The second kappa shape index (κ2) is 9.38. The van der Waals surface area contributed by atoms with E-state index in [-0.39, 0.29) is 6.42 Å². The van der Waals surface area contributed by atoms with Crippen molar-refractivity contribution < 1.29 is 14.6 Å². The molecule has 0 amide bonds. The Morgan fingerprint density at radius 1 is 0.963 bits per heavy atom. The van der Waals surface area contributed by atoms with Crippen molar-refractivity contribution in [3.05, 3.63) is 65.7 Å². The molecule has 0 aliphatic carbocycles. The number of aliphatic carboxylic acids is 1. The van der Waals surface area contributed by atoms with Crippen molar-refractivity contribution in [2.75, 3.05) is 20.1 Å². The molecule has 0 bridgehead atoms. The van der Waals surface area contributed by atoms with Gasteiger partial charge in [-0.15, -0.1) is 0 Å². The van der Waals surface area contributed by atoms with Crippen LogP contribution in [0.25, 0.3) is 5.57 Å². The Balaban J connectivity index is 1.58. The first kappa shape index (κ1) is 19.2. The molecule has 27 heavy (non-hydrogen) atoms. The first-order chi connectivity index (χ1) is 13.1. The minimum atomic E-state index is -0.702. The summed E-state index contributed by atoms with van der Waals surface area (Å²) in [7, 11) is 2.13. The molecular formula is C23H27NO3. The Morgan fingerprint density at radius 2 is 1.59 bits per heavy atom. The van der Waals surface area contributed by atoms with Crippen LogP contribution in [-0.2, 0) is 4.79 Å². The predicted molar refractivity (Wildman–Crippen MR) is 108 cm³/mol. The van der Waals surface area contributed by atoms with Crippen LogP contribution in [0.15, 0.2) is 54.6 Å². The van der Waals surface area contributed by atoms with Crippen LogP contribution in [0.2, 0.25) is 0 Å². The van der Waals surface area contributed by atoms with E-state index in [9.17, 15) is 4.79 Å². The largest absolute Gasteiger partial charge is 0.481 e. The molecule has 4 nitrogen and oxygen atoms in total. The lowest BCUT2D eigenvalue weighted by Crippen LogP contribution is -2.20. The number of rotatable bonds is 9. The van der Waals surface area contributed by atoms with E-state index in [0.717, 1.165) is 61.4 Å². The highest BCUT2D eigenvalue weighted by Gasteiger charge is 2.20. The van der Waals surface area contributed by atoms with Crippen LogP contribution in [0.4, 0.5) is 0 Å². The van der Waals surface area contributed by atoms with E-state index < -0.39 is 5.97 Å². The lowest BCUT2D eigenvalue weighted by molar-refractivity contribution is -0.137. The van der Waals surface area contributed by atoms with Crippen LogP contribution < -0.4 is 4.74 Å². The fraction of sp³-hybridized carbons (Fsp3) is 0.348. The van der Waals surface area contributed by atoms with Crippen molar-refractivity contribution >= 4 is 11.5 Å². The van der Waals surface area contributed by atoms with Gasteiger partial charge in [-0.1, -0.05) is 48.9 Å². The van der Waals surface area contributed by atoms with E-state index in [0.29, 0.717) is 0 Å². The van der Waals surface area contributed by atoms with Crippen molar-refractivity contribution in [3.8, 4) is 11.5 Å². The third-order valence-corrected chi connectivity index (χ3v) is 4.86. The second-order valence-corrected chi connectivity index (χ2v) is 7.01.